The van der Waals surface area contributed by atoms with Gasteiger partial charge in [0.25, 0.3) is 0 Å². The van der Waals surface area contributed by atoms with Crippen LogP contribution in [0.15, 0.2) is 11.3 Å². The van der Waals surface area contributed by atoms with Crippen molar-refractivity contribution >= 4 is 12.0 Å². The van der Waals surface area contributed by atoms with Gasteiger partial charge >= 0.3 is 6.09 Å². The number of nitrogen functional groups attached to an aromatic ring is 1. The number of anilines is 1. The van der Waals surface area contributed by atoms with Crippen LogP contribution in [0.2, 0.25) is 0 Å². The van der Waals surface area contributed by atoms with Crippen molar-refractivity contribution in [2.45, 2.75) is 39.2 Å². The van der Waals surface area contributed by atoms with Gasteiger partial charge in [-0.2, -0.15) is 0 Å². The molecule has 0 aliphatic heterocycles. The fourth-order valence-electron chi connectivity index (χ4n) is 1.40. The van der Waals surface area contributed by atoms with Crippen molar-refractivity contribution in [3.8, 4) is 0 Å². The van der Waals surface area contributed by atoms with E-state index in [0.29, 0.717) is 25.1 Å². The van der Waals surface area contributed by atoms with E-state index in [0.717, 1.165) is 0 Å². The van der Waals surface area contributed by atoms with E-state index in [4.69, 9.17) is 16.0 Å². The summed E-state index contributed by atoms with van der Waals surface area (Å²) in [5.41, 5.74) is 13.9. The molecule has 1 rings (SSSR count). The highest BCUT2D eigenvalue weighted by atomic mass is 16.6. The summed E-state index contributed by atoms with van der Waals surface area (Å²) in [5, 5.41) is 3.42. The van der Waals surface area contributed by atoms with Crippen LogP contribution in [0.5, 0.6) is 0 Å². The summed E-state index contributed by atoms with van der Waals surface area (Å²) in [5.74, 6) is 0.0908. The van der Waals surface area contributed by atoms with Crippen molar-refractivity contribution in [1.29, 1.82) is 0 Å². The number of hydrogen-bond acceptors (Lipinski definition) is 5. The van der Waals surface area contributed by atoms with Crippen molar-refractivity contribution in [1.82, 2.24) is 9.55 Å². The monoisotopic (exact) mass is 266 g/mol. The summed E-state index contributed by atoms with van der Waals surface area (Å²) in [7, 11) is 0. The number of nitrogens with two attached hydrogens (primary N) is 1. The maximum Gasteiger partial charge on any atom is 0.421 e. The van der Waals surface area contributed by atoms with Crippen LogP contribution in [-0.2, 0) is 11.2 Å². The zero-order valence-electron chi connectivity index (χ0n) is 11.3. The molecule has 0 aliphatic carbocycles. The molecule has 0 aromatic carbocycles. The number of aryl methyl sites for hydroxylation is 1. The van der Waals surface area contributed by atoms with Crippen LogP contribution in [0, 0.1) is 0 Å². The van der Waals surface area contributed by atoms with E-state index in [1.807, 2.05) is 0 Å². The number of hydrogen-bond donors (Lipinski definition) is 1. The second-order valence-corrected chi connectivity index (χ2v) is 5.00. The number of ether oxygens (including phenoxy) is 1. The van der Waals surface area contributed by atoms with E-state index >= 15 is 0 Å². The molecule has 1 aromatic rings. The minimum atomic E-state index is -0.588. The highest BCUT2D eigenvalue weighted by molar-refractivity contribution is 5.74. The van der Waals surface area contributed by atoms with Crippen molar-refractivity contribution in [3.63, 3.8) is 0 Å². The molecule has 1 heterocycles. The second-order valence-electron chi connectivity index (χ2n) is 5.00. The quantitative estimate of drug-likeness (QED) is 0.389. The Morgan fingerprint density at radius 1 is 1.63 bits per heavy atom. The summed E-state index contributed by atoms with van der Waals surface area (Å²) in [6.45, 7) is 5.71. The van der Waals surface area contributed by atoms with Gasteiger partial charge in [-0.1, -0.05) is 5.11 Å². The predicted octanol–water partition coefficient (Wildman–Crippen LogP) is 2.49. The molecule has 19 heavy (non-hydrogen) atoms. The molecular weight excluding hydrogens is 248 g/mol. The van der Waals surface area contributed by atoms with Crippen molar-refractivity contribution < 1.29 is 9.53 Å². The van der Waals surface area contributed by atoms with Crippen LogP contribution in [-0.4, -0.2) is 27.8 Å². The van der Waals surface area contributed by atoms with Crippen LogP contribution in [0.25, 0.3) is 10.4 Å². The standard InChI is InChI=1S/C11H18N6O2/c1-11(2,3)19-10(18)17-7-8(15-9(17)12)5-4-6-14-16-13/h7H,4-6H2,1-3H3,(H2,12,15). The lowest BCUT2D eigenvalue weighted by Gasteiger charge is -2.19. The molecule has 8 heteroatoms. The molecule has 0 unspecified atom stereocenters. The molecule has 0 bridgehead atoms. The van der Waals surface area contributed by atoms with Gasteiger partial charge in [0, 0.05) is 17.7 Å². The maximum absolute atomic E-state index is 11.8. The predicted molar refractivity (Wildman–Crippen MR) is 70.6 cm³/mol. The highest BCUT2D eigenvalue weighted by Crippen LogP contribution is 2.13. The number of aromatic nitrogens is 2. The van der Waals surface area contributed by atoms with Crippen LogP contribution in [0.3, 0.4) is 0 Å². The average molecular weight is 266 g/mol. The Morgan fingerprint density at radius 2 is 2.32 bits per heavy atom. The van der Waals surface area contributed by atoms with E-state index < -0.39 is 11.7 Å². The number of carbonyl (C=O) groups excluding carboxylic acids is 1. The first-order valence-corrected chi connectivity index (χ1v) is 5.91. The molecule has 8 nitrogen and oxygen atoms in total. The Hall–Kier alpha value is -2.21. The average Bonchev–Trinajstić information content (AvgIpc) is 2.64. The summed E-state index contributed by atoms with van der Waals surface area (Å²) in [6.07, 6.45) is 2.21. The summed E-state index contributed by atoms with van der Waals surface area (Å²) in [6, 6.07) is 0. The molecular formula is C11H18N6O2. The first-order valence-electron chi connectivity index (χ1n) is 5.91. The van der Waals surface area contributed by atoms with E-state index in [-0.39, 0.29) is 5.95 Å². The van der Waals surface area contributed by atoms with Gasteiger partial charge in [0.1, 0.15) is 5.60 Å². The van der Waals surface area contributed by atoms with Gasteiger partial charge in [-0.05, 0) is 39.1 Å². The van der Waals surface area contributed by atoms with Gasteiger partial charge in [0.15, 0.2) is 0 Å². The molecule has 0 saturated heterocycles. The Bertz CT molecular complexity index is 496. The Labute approximate surface area is 111 Å². The Kier molecular flexibility index (Phi) is 4.77. The zero-order valence-corrected chi connectivity index (χ0v) is 11.3. The fraction of sp³-hybridized carbons (Fsp3) is 0.636. The van der Waals surface area contributed by atoms with E-state index in [2.05, 4.69) is 15.0 Å². The summed E-state index contributed by atoms with van der Waals surface area (Å²) in [4.78, 5) is 18.5. The molecule has 0 spiro atoms. The van der Waals surface area contributed by atoms with E-state index in [9.17, 15) is 4.79 Å². The normalized spacial score (nSPS) is 10.9. The zero-order chi connectivity index (χ0) is 14.5. The van der Waals surface area contributed by atoms with Gasteiger partial charge in [0.05, 0.1) is 5.69 Å². The van der Waals surface area contributed by atoms with Crippen molar-refractivity contribution in [3.05, 3.63) is 22.3 Å². The third-order valence-corrected chi connectivity index (χ3v) is 2.13. The van der Waals surface area contributed by atoms with Gasteiger partial charge in [-0.25, -0.2) is 14.3 Å². The Morgan fingerprint density at radius 3 is 2.89 bits per heavy atom. The molecule has 104 valence electrons. The topological polar surface area (TPSA) is 119 Å². The SMILES string of the molecule is CC(C)(C)OC(=O)n1cc(CCCN=[N+]=[N-])nc1N. The van der Waals surface area contributed by atoms with Crippen molar-refractivity contribution in [2.75, 3.05) is 12.3 Å². The lowest BCUT2D eigenvalue weighted by Crippen LogP contribution is -2.27. The number of azide groups is 1. The van der Waals surface area contributed by atoms with Gasteiger partial charge in [0.2, 0.25) is 5.95 Å². The molecule has 0 fully saturated rings. The molecule has 2 N–H and O–H groups in total. The van der Waals surface area contributed by atoms with Gasteiger partial charge in [-0.15, -0.1) is 0 Å². The van der Waals surface area contributed by atoms with Crippen molar-refractivity contribution in [2.24, 2.45) is 5.11 Å². The van der Waals surface area contributed by atoms with Crippen LogP contribution in [0.4, 0.5) is 10.7 Å². The summed E-state index contributed by atoms with van der Waals surface area (Å²) < 4.78 is 6.37. The smallest absolute Gasteiger partial charge is 0.421 e. The highest BCUT2D eigenvalue weighted by Gasteiger charge is 2.20. The number of imidazole rings is 1. The first kappa shape index (κ1) is 14.8. The number of nitrogens with zero attached hydrogens (tertiary/aromatic N) is 5. The lowest BCUT2D eigenvalue weighted by molar-refractivity contribution is 0.0540. The fourth-order valence-corrected chi connectivity index (χ4v) is 1.40. The third-order valence-electron chi connectivity index (χ3n) is 2.13. The van der Waals surface area contributed by atoms with E-state index in [1.54, 1.807) is 27.0 Å². The van der Waals surface area contributed by atoms with Crippen LogP contribution in [0.1, 0.15) is 32.9 Å². The molecule has 0 amide bonds. The van der Waals surface area contributed by atoms with Crippen LogP contribution < -0.4 is 5.73 Å². The lowest BCUT2D eigenvalue weighted by atomic mass is 10.2. The number of carbonyl (C=O) groups is 1. The third kappa shape index (κ3) is 4.89. The molecule has 1 aromatic heterocycles. The largest absolute Gasteiger partial charge is 0.443 e. The minimum absolute atomic E-state index is 0.0908. The minimum Gasteiger partial charge on any atom is -0.443 e. The van der Waals surface area contributed by atoms with Crippen LogP contribution >= 0.6 is 0 Å². The summed E-state index contributed by atoms with van der Waals surface area (Å²) >= 11 is 0. The molecule has 0 atom stereocenters. The Balaban J connectivity index is 2.68. The molecule has 0 saturated carbocycles. The second kappa shape index (κ2) is 6.10. The number of rotatable bonds is 4. The molecule has 0 aliphatic rings. The maximum atomic E-state index is 11.8. The molecule has 0 radical (unpaired) electrons. The van der Waals surface area contributed by atoms with Gasteiger partial charge in [-0.3, -0.25) is 0 Å². The van der Waals surface area contributed by atoms with E-state index in [1.165, 1.54) is 4.57 Å². The van der Waals surface area contributed by atoms with Gasteiger partial charge < -0.3 is 10.5 Å². The first-order chi connectivity index (χ1) is 8.83.